The Hall–Kier alpha value is -2.44. The van der Waals surface area contributed by atoms with Crippen molar-refractivity contribution < 1.29 is 23.5 Å². The molecule has 29 heavy (non-hydrogen) atoms. The van der Waals surface area contributed by atoms with Gasteiger partial charge in [0.25, 0.3) is 11.8 Å². The Morgan fingerprint density at radius 2 is 1.62 bits per heavy atom. The summed E-state index contributed by atoms with van der Waals surface area (Å²) >= 11 is 0. The number of benzene rings is 1. The van der Waals surface area contributed by atoms with Crippen LogP contribution in [0.2, 0.25) is 0 Å². The minimum atomic E-state index is -0.918. The summed E-state index contributed by atoms with van der Waals surface area (Å²) in [7, 11) is 0. The van der Waals surface area contributed by atoms with Crippen LogP contribution in [0, 0.1) is 23.6 Å². The molecule has 7 heteroatoms. The normalized spacial score (nSPS) is 30.5. The summed E-state index contributed by atoms with van der Waals surface area (Å²) in [5.41, 5.74) is 0.107. The van der Waals surface area contributed by atoms with Crippen LogP contribution in [0.4, 0.5) is 4.39 Å². The first-order chi connectivity index (χ1) is 13.8. The van der Waals surface area contributed by atoms with Gasteiger partial charge < -0.3 is 15.4 Å². The van der Waals surface area contributed by atoms with E-state index in [1.165, 1.54) is 43.5 Å². The van der Waals surface area contributed by atoms with E-state index in [4.69, 9.17) is 4.74 Å². The molecule has 0 unspecified atom stereocenters. The van der Waals surface area contributed by atoms with Crippen LogP contribution in [0.1, 0.15) is 55.8 Å². The zero-order chi connectivity index (χ0) is 20.6. The van der Waals surface area contributed by atoms with Gasteiger partial charge in [-0.3, -0.25) is 14.4 Å². The van der Waals surface area contributed by atoms with Gasteiger partial charge in [0.2, 0.25) is 0 Å². The van der Waals surface area contributed by atoms with Gasteiger partial charge in [0.05, 0.1) is 0 Å². The highest BCUT2D eigenvalue weighted by molar-refractivity contribution is 5.96. The predicted molar refractivity (Wildman–Crippen MR) is 103 cm³/mol. The average Bonchev–Trinajstić information content (AvgIpc) is 2.65. The molecule has 2 N–H and O–H groups in total. The fourth-order valence-electron chi connectivity index (χ4n) is 5.77. The molecule has 4 bridgehead atoms. The Balaban J connectivity index is 1.25. The van der Waals surface area contributed by atoms with Gasteiger partial charge in [-0.2, -0.15) is 0 Å². The van der Waals surface area contributed by atoms with Crippen molar-refractivity contribution >= 4 is 17.8 Å². The lowest BCUT2D eigenvalue weighted by Gasteiger charge is -2.57. The zero-order valence-electron chi connectivity index (χ0n) is 16.6. The van der Waals surface area contributed by atoms with Crippen molar-refractivity contribution in [3.8, 4) is 0 Å². The first-order valence-electron chi connectivity index (χ1n) is 10.4. The molecule has 1 atom stereocenters. The number of nitrogens with one attached hydrogen (secondary N) is 2. The Kier molecular flexibility index (Phi) is 5.32. The molecular formula is C22H27FN2O4. The lowest BCUT2D eigenvalue weighted by atomic mass is 9.53. The monoisotopic (exact) mass is 402 g/mol. The SMILES string of the molecule is C[C@H](OC(=O)CNC(=O)c1ccc(F)cc1)C(=O)NC12CC3CC(CC(C3)C1)C2. The number of rotatable bonds is 6. The summed E-state index contributed by atoms with van der Waals surface area (Å²) in [5, 5.41) is 5.61. The molecule has 2 amide bonds. The molecule has 6 nitrogen and oxygen atoms in total. The Morgan fingerprint density at radius 3 is 2.17 bits per heavy atom. The van der Waals surface area contributed by atoms with Crippen molar-refractivity contribution in [3.05, 3.63) is 35.6 Å². The lowest BCUT2D eigenvalue weighted by Crippen LogP contribution is -2.61. The molecule has 4 saturated carbocycles. The Bertz CT molecular complexity index is 772. The van der Waals surface area contributed by atoms with Gasteiger partial charge >= 0.3 is 5.97 Å². The summed E-state index contributed by atoms with van der Waals surface area (Å²) in [5.74, 6) is 0.217. The molecule has 156 valence electrons. The third-order valence-corrected chi connectivity index (χ3v) is 6.60. The van der Waals surface area contributed by atoms with Crippen LogP contribution < -0.4 is 10.6 Å². The fraction of sp³-hybridized carbons (Fsp3) is 0.591. The van der Waals surface area contributed by atoms with E-state index >= 15 is 0 Å². The minimum Gasteiger partial charge on any atom is -0.451 e. The maximum atomic E-state index is 12.9. The van der Waals surface area contributed by atoms with Crippen LogP contribution in [0.3, 0.4) is 0 Å². The summed E-state index contributed by atoms with van der Waals surface area (Å²) in [6.45, 7) is 1.20. The molecule has 4 aliphatic carbocycles. The van der Waals surface area contributed by atoms with E-state index < -0.39 is 23.8 Å². The van der Waals surface area contributed by atoms with Crippen LogP contribution in [0.15, 0.2) is 24.3 Å². The highest BCUT2D eigenvalue weighted by Crippen LogP contribution is 2.55. The zero-order valence-corrected chi connectivity index (χ0v) is 16.6. The quantitative estimate of drug-likeness (QED) is 0.717. The summed E-state index contributed by atoms with van der Waals surface area (Å²) in [6, 6.07) is 5.00. The second kappa shape index (κ2) is 7.76. The molecule has 5 rings (SSSR count). The molecule has 0 heterocycles. The third-order valence-electron chi connectivity index (χ3n) is 6.60. The second-order valence-electron chi connectivity index (χ2n) is 9.01. The van der Waals surface area contributed by atoms with Crippen LogP contribution in [0.25, 0.3) is 0 Å². The van der Waals surface area contributed by atoms with Crippen molar-refractivity contribution in [2.45, 2.75) is 57.1 Å². The van der Waals surface area contributed by atoms with Crippen LogP contribution in [0.5, 0.6) is 0 Å². The third kappa shape index (κ3) is 4.43. The first kappa shape index (κ1) is 19.9. The van der Waals surface area contributed by atoms with Gasteiger partial charge in [0, 0.05) is 11.1 Å². The lowest BCUT2D eigenvalue weighted by molar-refractivity contribution is -0.155. The molecule has 0 saturated heterocycles. The molecule has 0 aromatic heterocycles. The standard InChI is InChI=1S/C22H27FN2O4/c1-13(29-19(26)12-24-21(28)17-2-4-18(23)5-3-17)20(27)25-22-9-14-6-15(10-22)8-16(7-14)11-22/h2-5,13-16H,6-12H2,1H3,(H,24,28)(H,25,27)/t13-,14?,15?,16?,22?/m0/s1. The molecule has 4 aliphatic rings. The van der Waals surface area contributed by atoms with E-state index in [1.807, 2.05) is 0 Å². The van der Waals surface area contributed by atoms with Crippen molar-refractivity contribution in [2.75, 3.05) is 6.54 Å². The summed E-state index contributed by atoms with van der Waals surface area (Å²) in [6.07, 6.45) is 6.02. The fourth-order valence-corrected chi connectivity index (χ4v) is 5.77. The van der Waals surface area contributed by atoms with Gasteiger partial charge in [-0.05, 0) is 87.5 Å². The van der Waals surface area contributed by atoms with E-state index in [2.05, 4.69) is 10.6 Å². The van der Waals surface area contributed by atoms with Crippen molar-refractivity contribution in [1.29, 1.82) is 0 Å². The summed E-state index contributed by atoms with van der Waals surface area (Å²) in [4.78, 5) is 36.7. The van der Waals surface area contributed by atoms with Crippen LogP contribution in [-0.2, 0) is 14.3 Å². The van der Waals surface area contributed by atoms with E-state index in [9.17, 15) is 18.8 Å². The molecule has 0 aliphatic heterocycles. The number of carbonyl (C=O) groups is 3. The predicted octanol–water partition coefficient (Wildman–Crippen LogP) is 2.57. The van der Waals surface area contributed by atoms with Crippen LogP contribution in [-0.4, -0.2) is 36.0 Å². The van der Waals surface area contributed by atoms with E-state index in [0.717, 1.165) is 19.3 Å². The topological polar surface area (TPSA) is 84.5 Å². The van der Waals surface area contributed by atoms with Crippen molar-refractivity contribution in [1.82, 2.24) is 10.6 Å². The number of hydrogen-bond acceptors (Lipinski definition) is 4. The van der Waals surface area contributed by atoms with Crippen molar-refractivity contribution in [2.24, 2.45) is 17.8 Å². The second-order valence-corrected chi connectivity index (χ2v) is 9.01. The van der Waals surface area contributed by atoms with Crippen LogP contribution >= 0.6 is 0 Å². The number of amides is 2. The molecule has 1 aromatic carbocycles. The summed E-state index contributed by atoms with van der Waals surface area (Å²) < 4.78 is 18.1. The smallest absolute Gasteiger partial charge is 0.326 e. The Morgan fingerprint density at radius 1 is 1.07 bits per heavy atom. The number of esters is 1. The number of carbonyl (C=O) groups excluding carboxylic acids is 3. The number of halogens is 1. The van der Waals surface area contributed by atoms with Gasteiger partial charge in [-0.1, -0.05) is 0 Å². The average molecular weight is 402 g/mol. The van der Waals surface area contributed by atoms with Gasteiger partial charge in [-0.15, -0.1) is 0 Å². The highest BCUT2D eigenvalue weighted by atomic mass is 19.1. The van der Waals surface area contributed by atoms with Gasteiger partial charge in [0.1, 0.15) is 12.4 Å². The largest absolute Gasteiger partial charge is 0.451 e. The van der Waals surface area contributed by atoms with E-state index in [0.29, 0.717) is 17.8 Å². The maximum absolute atomic E-state index is 12.9. The number of ether oxygens (including phenoxy) is 1. The van der Waals surface area contributed by atoms with E-state index in [-0.39, 0.29) is 23.6 Å². The Labute approximate surface area is 169 Å². The first-order valence-corrected chi connectivity index (χ1v) is 10.4. The molecule has 1 aromatic rings. The molecular weight excluding hydrogens is 375 g/mol. The maximum Gasteiger partial charge on any atom is 0.326 e. The molecule has 0 spiro atoms. The van der Waals surface area contributed by atoms with E-state index in [1.54, 1.807) is 6.92 Å². The number of hydrogen-bond donors (Lipinski definition) is 2. The van der Waals surface area contributed by atoms with Gasteiger partial charge in [0.15, 0.2) is 6.10 Å². The highest BCUT2D eigenvalue weighted by Gasteiger charge is 2.51. The molecule has 0 radical (unpaired) electrons. The van der Waals surface area contributed by atoms with Gasteiger partial charge in [-0.25, -0.2) is 4.39 Å². The van der Waals surface area contributed by atoms with Crippen molar-refractivity contribution in [3.63, 3.8) is 0 Å². The minimum absolute atomic E-state index is 0.136. The molecule has 4 fully saturated rings.